The number of nitrogens with zero attached hydrogens (tertiary/aromatic N) is 1. The Kier molecular flexibility index (Phi) is 2.74. The maximum absolute atomic E-state index is 5.53. The van der Waals surface area contributed by atoms with Crippen LogP contribution in [0.3, 0.4) is 0 Å². The predicted octanol–water partition coefficient (Wildman–Crippen LogP) is 1.74. The number of hydrogen-bond acceptors (Lipinski definition) is 0. The topological polar surface area (TPSA) is 0 Å². The van der Waals surface area contributed by atoms with E-state index in [2.05, 4.69) is 47.8 Å². The van der Waals surface area contributed by atoms with E-state index in [1.807, 2.05) is 0 Å². The summed E-state index contributed by atoms with van der Waals surface area (Å²) in [6.45, 7) is 6.48. The number of terminal acetylenes is 1. The molecule has 0 saturated carbocycles. The molecule has 1 unspecified atom stereocenters. The molecule has 0 spiro atoms. The fourth-order valence-electron chi connectivity index (χ4n) is 1.13. The van der Waals surface area contributed by atoms with Gasteiger partial charge in [-0.05, 0) is 5.92 Å². The molecule has 0 aliphatic rings. The molecule has 0 amide bonds. The molecular weight excluding hydrogens is 134 g/mol. The van der Waals surface area contributed by atoms with Crippen LogP contribution in [-0.4, -0.2) is 31.2 Å². The van der Waals surface area contributed by atoms with Crippen molar-refractivity contribution in [2.45, 2.75) is 26.3 Å². The van der Waals surface area contributed by atoms with Crippen molar-refractivity contribution in [1.82, 2.24) is 0 Å². The SMILES string of the molecule is C#CC(C)(C(C)C)[N+](C)(C)C. The molecule has 0 radical (unpaired) electrons. The first-order valence-electron chi connectivity index (χ1n) is 4.05. The van der Waals surface area contributed by atoms with Crippen LogP contribution in [0.25, 0.3) is 0 Å². The zero-order valence-electron chi connectivity index (χ0n) is 8.60. The fraction of sp³-hybridized carbons (Fsp3) is 0.800. The summed E-state index contributed by atoms with van der Waals surface area (Å²) in [7, 11) is 6.42. The Morgan fingerprint density at radius 1 is 1.27 bits per heavy atom. The second-order valence-electron chi connectivity index (χ2n) is 4.46. The van der Waals surface area contributed by atoms with Crippen molar-refractivity contribution in [3.63, 3.8) is 0 Å². The van der Waals surface area contributed by atoms with Crippen molar-refractivity contribution in [2.24, 2.45) is 5.92 Å². The quantitative estimate of drug-likeness (QED) is 0.420. The van der Waals surface area contributed by atoms with Crippen molar-refractivity contribution in [2.75, 3.05) is 21.1 Å². The minimum absolute atomic E-state index is 0.0556. The molecule has 0 bridgehead atoms. The summed E-state index contributed by atoms with van der Waals surface area (Å²) in [6.07, 6.45) is 5.53. The van der Waals surface area contributed by atoms with Gasteiger partial charge in [0, 0.05) is 12.8 Å². The van der Waals surface area contributed by atoms with Gasteiger partial charge in [0.05, 0.1) is 21.1 Å². The molecule has 1 atom stereocenters. The predicted molar refractivity (Wildman–Crippen MR) is 50.1 cm³/mol. The fourth-order valence-corrected chi connectivity index (χ4v) is 1.13. The summed E-state index contributed by atoms with van der Waals surface area (Å²) in [6, 6.07) is 0. The van der Waals surface area contributed by atoms with Crippen LogP contribution in [0.1, 0.15) is 20.8 Å². The first-order chi connectivity index (χ1) is 4.75. The minimum Gasteiger partial charge on any atom is -0.316 e. The summed E-state index contributed by atoms with van der Waals surface area (Å²) in [4.78, 5) is 0. The maximum atomic E-state index is 5.53. The first-order valence-corrected chi connectivity index (χ1v) is 4.05. The van der Waals surface area contributed by atoms with Gasteiger partial charge >= 0.3 is 0 Å². The van der Waals surface area contributed by atoms with Gasteiger partial charge in [-0.1, -0.05) is 13.8 Å². The molecule has 0 rings (SSSR count). The Morgan fingerprint density at radius 3 is 1.64 bits per heavy atom. The molecule has 0 fully saturated rings. The van der Waals surface area contributed by atoms with Gasteiger partial charge in [0.25, 0.3) is 0 Å². The van der Waals surface area contributed by atoms with Crippen LogP contribution in [0, 0.1) is 18.3 Å². The first kappa shape index (κ1) is 10.5. The van der Waals surface area contributed by atoms with Gasteiger partial charge < -0.3 is 4.48 Å². The highest BCUT2D eigenvalue weighted by Crippen LogP contribution is 2.25. The second kappa shape index (κ2) is 2.87. The van der Waals surface area contributed by atoms with Gasteiger partial charge in [0.2, 0.25) is 0 Å². The lowest BCUT2D eigenvalue weighted by Gasteiger charge is -2.42. The van der Waals surface area contributed by atoms with E-state index in [0.717, 1.165) is 4.48 Å². The zero-order valence-corrected chi connectivity index (χ0v) is 8.60. The molecule has 0 aromatic rings. The Balaban J connectivity index is 4.80. The molecular formula is C10H20N+. The molecule has 11 heavy (non-hydrogen) atoms. The largest absolute Gasteiger partial charge is 0.316 e. The van der Waals surface area contributed by atoms with Gasteiger partial charge in [0.15, 0.2) is 5.54 Å². The van der Waals surface area contributed by atoms with E-state index < -0.39 is 0 Å². The van der Waals surface area contributed by atoms with Crippen molar-refractivity contribution >= 4 is 0 Å². The molecule has 1 heteroatoms. The van der Waals surface area contributed by atoms with Crippen molar-refractivity contribution in [1.29, 1.82) is 0 Å². The van der Waals surface area contributed by atoms with Crippen molar-refractivity contribution in [3.05, 3.63) is 0 Å². The Morgan fingerprint density at radius 2 is 1.64 bits per heavy atom. The Hall–Kier alpha value is -0.480. The molecule has 64 valence electrons. The van der Waals surface area contributed by atoms with E-state index in [1.165, 1.54) is 0 Å². The highest BCUT2D eigenvalue weighted by Gasteiger charge is 2.39. The number of rotatable bonds is 2. The lowest BCUT2D eigenvalue weighted by Crippen LogP contribution is -2.57. The van der Waals surface area contributed by atoms with Crippen LogP contribution in [-0.2, 0) is 0 Å². The highest BCUT2D eigenvalue weighted by molar-refractivity contribution is 5.07. The number of hydrogen-bond donors (Lipinski definition) is 0. The van der Waals surface area contributed by atoms with Gasteiger partial charge in [-0.15, -0.1) is 6.42 Å². The monoisotopic (exact) mass is 154 g/mol. The van der Waals surface area contributed by atoms with Gasteiger partial charge in [-0.2, -0.15) is 0 Å². The third-order valence-corrected chi connectivity index (χ3v) is 2.81. The van der Waals surface area contributed by atoms with Crippen LogP contribution in [0.15, 0.2) is 0 Å². The summed E-state index contributed by atoms with van der Waals surface area (Å²) in [5, 5.41) is 0. The minimum atomic E-state index is -0.0556. The summed E-state index contributed by atoms with van der Waals surface area (Å²) < 4.78 is 0.821. The van der Waals surface area contributed by atoms with Gasteiger partial charge in [-0.3, -0.25) is 0 Å². The normalized spacial score (nSPS) is 17.6. The van der Waals surface area contributed by atoms with E-state index in [-0.39, 0.29) is 5.54 Å². The van der Waals surface area contributed by atoms with Gasteiger partial charge in [0.1, 0.15) is 0 Å². The Labute approximate surface area is 71.0 Å². The van der Waals surface area contributed by atoms with E-state index in [1.54, 1.807) is 0 Å². The lowest BCUT2D eigenvalue weighted by atomic mass is 9.86. The van der Waals surface area contributed by atoms with Gasteiger partial charge in [-0.25, -0.2) is 0 Å². The maximum Gasteiger partial charge on any atom is 0.159 e. The molecule has 0 aromatic carbocycles. The second-order valence-corrected chi connectivity index (χ2v) is 4.46. The Bertz CT molecular complexity index is 168. The highest BCUT2D eigenvalue weighted by atomic mass is 15.3. The van der Waals surface area contributed by atoms with Crippen molar-refractivity contribution < 1.29 is 4.48 Å². The van der Waals surface area contributed by atoms with Crippen LogP contribution in [0.4, 0.5) is 0 Å². The van der Waals surface area contributed by atoms with E-state index in [9.17, 15) is 0 Å². The average molecular weight is 154 g/mol. The lowest BCUT2D eigenvalue weighted by molar-refractivity contribution is -0.916. The zero-order chi connectivity index (χ0) is 9.28. The van der Waals surface area contributed by atoms with Crippen LogP contribution in [0.5, 0.6) is 0 Å². The molecule has 0 aromatic heterocycles. The van der Waals surface area contributed by atoms with Crippen LogP contribution >= 0.6 is 0 Å². The summed E-state index contributed by atoms with van der Waals surface area (Å²) in [5.41, 5.74) is -0.0556. The summed E-state index contributed by atoms with van der Waals surface area (Å²) >= 11 is 0. The van der Waals surface area contributed by atoms with E-state index in [0.29, 0.717) is 5.92 Å². The number of quaternary nitrogens is 1. The molecule has 1 nitrogen and oxygen atoms in total. The van der Waals surface area contributed by atoms with Crippen LogP contribution in [0.2, 0.25) is 0 Å². The van der Waals surface area contributed by atoms with Crippen molar-refractivity contribution in [3.8, 4) is 12.3 Å². The molecule has 0 heterocycles. The van der Waals surface area contributed by atoms with Crippen LogP contribution < -0.4 is 0 Å². The third kappa shape index (κ3) is 1.75. The van der Waals surface area contributed by atoms with E-state index in [4.69, 9.17) is 6.42 Å². The smallest absolute Gasteiger partial charge is 0.159 e. The summed E-state index contributed by atoms with van der Waals surface area (Å²) in [5.74, 6) is 3.40. The van der Waals surface area contributed by atoms with E-state index >= 15 is 0 Å². The molecule has 0 saturated heterocycles. The molecule has 0 N–H and O–H groups in total. The third-order valence-electron chi connectivity index (χ3n) is 2.81. The average Bonchev–Trinajstić information content (AvgIpc) is 1.83. The molecule has 0 aliphatic carbocycles. The molecule has 0 aliphatic heterocycles. The standard InChI is InChI=1S/C10H20N/c1-8-10(4,9(2)3)11(5,6)7/h1,9H,2-7H3/q+1.